The van der Waals surface area contributed by atoms with E-state index in [9.17, 15) is 9.59 Å². The first-order chi connectivity index (χ1) is 7.54. The van der Waals surface area contributed by atoms with Crippen LogP contribution in [-0.4, -0.2) is 25.1 Å². The number of hydrogen-bond acceptors (Lipinski definition) is 4. The Bertz CT molecular complexity index is 403. The van der Waals surface area contributed by atoms with Gasteiger partial charge in [-0.3, -0.25) is 4.79 Å². The number of nitrogens with two attached hydrogens (primary N) is 1. The van der Waals surface area contributed by atoms with Gasteiger partial charge in [-0.05, 0) is 25.1 Å². The minimum atomic E-state index is -0.946. The highest BCUT2D eigenvalue weighted by Gasteiger charge is 2.16. The first-order valence-corrected chi connectivity index (χ1v) is 4.69. The lowest BCUT2D eigenvalue weighted by atomic mass is 10.2. The lowest BCUT2D eigenvalue weighted by Crippen LogP contribution is -2.30. The second-order valence-electron chi connectivity index (χ2n) is 3.18. The van der Waals surface area contributed by atoms with Crippen molar-refractivity contribution in [3.05, 3.63) is 29.8 Å². The molecule has 5 heteroatoms. The van der Waals surface area contributed by atoms with Gasteiger partial charge in [0.05, 0.1) is 12.7 Å². The maximum Gasteiger partial charge on any atom is 0.339 e. The molecule has 0 radical (unpaired) electrons. The molecule has 0 spiro atoms. The van der Waals surface area contributed by atoms with Gasteiger partial charge in [-0.15, -0.1) is 0 Å². The van der Waals surface area contributed by atoms with Crippen LogP contribution in [0.2, 0.25) is 0 Å². The number of esters is 1. The highest BCUT2D eigenvalue weighted by Crippen LogP contribution is 2.13. The Labute approximate surface area is 93.1 Å². The Morgan fingerprint density at radius 1 is 1.38 bits per heavy atom. The van der Waals surface area contributed by atoms with Crippen molar-refractivity contribution in [2.24, 2.45) is 5.73 Å². The van der Waals surface area contributed by atoms with Crippen molar-refractivity contribution in [1.29, 1.82) is 0 Å². The van der Waals surface area contributed by atoms with Gasteiger partial charge in [-0.1, -0.05) is 6.07 Å². The molecule has 0 aliphatic heterocycles. The number of hydrogen-bond donors (Lipinski definition) is 1. The largest absolute Gasteiger partial charge is 0.497 e. The van der Waals surface area contributed by atoms with E-state index in [1.165, 1.54) is 20.1 Å². The number of primary amides is 1. The summed E-state index contributed by atoms with van der Waals surface area (Å²) in [4.78, 5) is 22.3. The quantitative estimate of drug-likeness (QED) is 0.763. The number of methoxy groups -OCH3 is 1. The third-order valence-corrected chi connectivity index (χ3v) is 1.99. The van der Waals surface area contributed by atoms with Crippen LogP contribution in [0.5, 0.6) is 5.75 Å². The topological polar surface area (TPSA) is 78.6 Å². The van der Waals surface area contributed by atoms with Gasteiger partial charge in [0.2, 0.25) is 0 Å². The van der Waals surface area contributed by atoms with Crippen LogP contribution in [0.25, 0.3) is 0 Å². The van der Waals surface area contributed by atoms with E-state index in [0.717, 1.165) is 0 Å². The van der Waals surface area contributed by atoms with Crippen molar-refractivity contribution in [3.8, 4) is 5.75 Å². The molecule has 1 atom stereocenters. The van der Waals surface area contributed by atoms with E-state index in [0.29, 0.717) is 11.3 Å². The normalized spacial score (nSPS) is 11.6. The van der Waals surface area contributed by atoms with E-state index < -0.39 is 18.0 Å². The molecule has 0 aliphatic carbocycles. The van der Waals surface area contributed by atoms with E-state index in [-0.39, 0.29) is 0 Å². The van der Waals surface area contributed by atoms with Crippen molar-refractivity contribution in [3.63, 3.8) is 0 Å². The predicted octanol–water partition coefficient (Wildman–Crippen LogP) is 0.726. The van der Waals surface area contributed by atoms with Crippen molar-refractivity contribution < 1.29 is 19.1 Å². The zero-order chi connectivity index (χ0) is 12.1. The van der Waals surface area contributed by atoms with Crippen LogP contribution in [0.3, 0.4) is 0 Å². The molecule has 2 N–H and O–H groups in total. The monoisotopic (exact) mass is 223 g/mol. The second kappa shape index (κ2) is 5.16. The highest BCUT2D eigenvalue weighted by molar-refractivity contribution is 5.92. The van der Waals surface area contributed by atoms with E-state index in [1.807, 2.05) is 0 Å². The van der Waals surface area contributed by atoms with Crippen molar-refractivity contribution in [1.82, 2.24) is 0 Å². The first-order valence-electron chi connectivity index (χ1n) is 4.69. The number of rotatable bonds is 4. The molecule has 0 saturated carbocycles. The van der Waals surface area contributed by atoms with Gasteiger partial charge in [0, 0.05) is 0 Å². The van der Waals surface area contributed by atoms with Crippen molar-refractivity contribution in [2.75, 3.05) is 7.11 Å². The van der Waals surface area contributed by atoms with Crippen LogP contribution in [0.4, 0.5) is 0 Å². The number of carbonyl (C=O) groups is 2. The summed E-state index contributed by atoms with van der Waals surface area (Å²) in [6.45, 7) is 1.42. The Kier molecular flexibility index (Phi) is 3.88. The van der Waals surface area contributed by atoms with Crippen LogP contribution in [0.15, 0.2) is 24.3 Å². The standard InChI is InChI=1S/C11H13NO4/c1-7(10(12)13)16-11(14)8-4-3-5-9(6-8)15-2/h3-7H,1-2H3,(H2,12,13)/t7-/m0/s1. The molecule has 86 valence electrons. The van der Waals surface area contributed by atoms with Gasteiger partial charge >= 0.3 is 5.97 Å². The fourth-order valence-corrected chi connectivity index (χ4v) is 1.04. The molecule has 1 amide bonds. The molecule has 0 bridgehead atoms. The summed E-state index contributed by atoms with van der Waals surface area (Å²) in [6.07, 6.45) is -0.946. The number of carbonyl (C=O) groups excluding carboxylic acids is 2. The summed E-state index contributed by atoms with van der Waals surface area (Å²) in [6, 6.07) is 6.45. The molecule has 1 rings (SSSR count). The highest BCUT2D eigenvalue weighted by atomic mass is 16.5. The maximum atomic E-state index is 11.5. The lowest BCUT2D eigenvalue weighted by Gasteiger charge is -2.09. The summed E-state index contributed by atoms with van der Waals surface area (Å²) in [5.74, 6) is -0.748. The van der Waals surface area contributed by atoms with Gasteiger partial charge in [0.1, 0.15) is 5.75 Å². The minimum absolute atomic E-state index is 0.312. The van der Waals surface area contributed by atoms with Gasteiger partial charge in [-0.25, -0.2) is 4.79 Å². The zero-order valence-electron chi connectivity index (χ0n) is 9.10. The summed E-state index contributed by atoms with van der Waals surface area (Å²) >= 11 is 0. The molecule has 16 heavy (non-hydrogen) atoms. The minimum Gasteiger partial charge on any atom is -0.497 e. The van der Waals surface area contributed by atoms with E-state index in [4.69, 9.17) is 15.2 Å². The van der Waals surface area contributed by atoms with E-state index in [1.54, 1.807) is 18.2 Å². The Morgan fingerprint density at radius 2 is 2.06 bits per heavy atom. The van der Waals surface area contributed by atoms with Gasteiger partial charge in [0.15, 0.2) is 6.10 Å². The SMILES string of the molecule is COc1cccc(C(=O)O[C@@H](C)C(N)=O)c1. The smallest absolute Gasteiger partial charge is 0.339 e. The average Bonchev–Trinajstić information content (AvgIpc) is 2.28. The predicted molar refractivity (Wildman–Crippen MR) is 57.1 cm³/mol. The average molecular weight is 223 g/mol. The number of amides is 1. The molecule has 0 aromatic heterocycles. The Balaban J connectivity index is 2.76. The maximum absolute atomic E-state index is 11.5. The van der Waals surface area contributed by atoms with Gasteiger partial charge in [0.25, 0.3) is 5.91 Å². The van der Waals surface area contributed by atoms with Crippen LogP contribution in [-0.2, 0) is 9.53 Å². The molecule has 0 aliphatic rings. The number of ether oxygens (including phenoxy) is 2. The van der Waals surface area contributed by atoms with Crippen LogP contribution < -0.4 is 10.5 Å². The molecule has 1 aromatic rings. The fraction of sp³-hybridized carbons (Fsp3) is 0.273. The number of benzene rings is 1. The molecule has 1 aromatic carbocycles. The molecule has 0 fully saturated rings. The fourth-order valence-electron chi connectivity index (χ4n) is 1.04. The molecule has 0 unspecified atom stereocenters. The van der Waals surface area contributed by atoms with E-state index >= 15 is 0 Å². The van der Waals surface area contributed by atoms with Crippen LogP contribution in [0, 0.1) is 0 Å². The molecule has 5 nitrogen and oxygen atoms in total. The third-order valence-electron chi connectivity index (χ3n) is 1.99. The molecule has 0 saturated heterocycles. The summed E-state index contributed by atoms with van der Waals surface area (Å²) in [5, 5.41) is 0. The summed E-state index contributed by atoms with van der Waals surface area (Å²) in [7, 11) is 1.50. The van der Waals surface area contributed by atoms with Crippen molar-refractivity contribution >= 4 is 11.9 Å². The Hall–Kier alpha value is -2.04. The second-order valence-corrected chi connectivity index (χ2v) is 3.18. The first kappa shape index (κ1) is 12.0. The van der Waals surface area contributed by atoms with Crippen molar-refractivity contribution in [2.45, 2.75) is 13.0 Å². The molecular weight excluding hydrogens is 210 g/mol. The summed E-state index contributed by atoms with van der Waals surface area (Å²) < 4.78 is 9.79. The van der Waals surface area contributed by atoms with Gasteiger partial charge in [-0.2, -0.15) is 0 Å². The van der Waals surface area contributed by atoms with Gasteiger partial charge < -0.3 is 15.2 Å². The zero-order valence-corrected chi connectivity index (χ0v) is 9.10. The molecule has 0 heterocycles. The Morgan fingerprint density at radius 3 is 2.62 bits per heavy atom. The van der Waals surface area contributed by atoms with E-state index in [2.05, 4.69) is 0 Å². The van der Waals surface area contributed by atoms with Crippen LogP contribution in [0.1, 0.15) is 17.3 Å². The third kappa shape index (κ3) is 2.98. The van der Waals surface area contributed by atoms with Crippen LogP contribution >= 0.6 is 0 Å². The lowest BCUT2D eigenvalue weighted by molar-refractivity contribution is -0.125. The summed E-state index contributed by atoms with van der Waals surface area (Å²) in [5.41, 5.74) is 5.29. The molecular formula is C11H13NO4.